The molecular formula is C16H18N6OS. The van der Waals surface area contributed by atoms with Crippen LogP contribution in [0.25, 0.3) is 10.2 Å². The monoisotopic (exact) mass is 342 g/mol. The van der Waals surface area contributed by atoms with E-state index in [0.717, 1.165) is 23.7 Å². The van der Waals surface area contributed by atoms with E-state index in [1.54, 1.807) is 22.3 Å². The Hall–Kier alpha value is -2.48. The Bertz CT molecular complexity index is 804. The van der Waals surface area contributed by atoms with Crippen LogP contribution in [0.4, 0.5) is 5.13 Å². The third-order valence-electron chi connectivity index (χ3n) is 4.34. The first kappa shape index (κ1) is 15.1. The van der Waals surface area contributed by atoms with Gasteiger partial charge in [0.25, 0.3) is 0 Å². The van der Waals surface area contributed by atoms with Crippen LogP contribution in [-0.2, 0) is 4.79 Å². The SMILES string of the molecule is C[C@@H](C(=O)N1CCN(c2nc3ccccc3s2)CC1)n1cncn1. The van der Waals surface area contributed by atoms with Gasteiger partial charge in [-0.2, -0.15) is 5.10 Å². The second kappa shape index (κ2) is 6.20. The van der Waals surface area contributed by atoms with Gasteiger partial charge in [0.2, 0.25) is 5.91 Å². The molecule has 1 atom stereocenters. The highest BCUT2D eigenvalue weighted by Gasteiger charge is 2.27. The molecule has 124 valence electrons. The maximum Gasteiger partial charge on any atom is 0.247 e. The number of benzene rings is 1. The molecule has 1 fully saturated rings. The molecule has 1 aromatic carbocycles. The number of hydrogen-bond acceptors (Lipinski definition) is 6. The number of rotatable bonds is 3. The quantitative estimate of drug-likeness (QED) is 0.726. The normalized spacial score (nSPS) is 16.5. The fourth-order valence-electron chi connectivity index (χ4n) is 2.91. The van der Waals surface area contributed by atoms with Crippen LogP contribution in [-0.4, -0.2) is 56.7 Å². The zero-order chi connectivity index (χ0) is 16.5. The van der Waals surface area contributed by atoms with E-state index < -0.39 is 0 Å². The molecule has 0 aliphatic carbocycles. The summed E-state index contributed by atoms with van der Waals surface area (Å²) in [6.07, 6.45) is 3.04. The lowest BCUT2D eigenvalue weighted by Gasteiger charge is -2.35. The highest BCUT2D eigenvalue weighted by atomic mass is 32.1. The average molecular weight is 342 g/mol. The van der Waals surface area contributed by atoms with Crippen molar-refractivity contribution < 1.29 is 4.79 Å². The number of hydrogen-bond donors (Lipinski definition) is 0. The lowest BCUT2D eigenvalue weighted by molar-refractivity contribution is -0.134. The number of para-hydroxylation sites is 1. The van der Waals surface area contributed by atoms with E-state index >= 15 is 0 Å². The summed E-state index contributed by atoms with van der Waals surface area (Å²) >= 11 is 1.71. The Labute approximate surface area is 143 Å². The summed E-state index contributed by atoms with van der Waals surface area (Å²) in [7, 11) is 0. The number of carbonyl (C=O) groups excluding carboxylic acids is 1. The van der Waals surface area contributed by atoms with Crippen molar-refractivity contribution in [3.63, 3.8) is 0 Å². The standard InChI is InChI=1S/C16H18N6OS/c1-12(22-11-17-10-18-22)15(23)20-6-8-21(9-7-20)16-19-13-4-2-3-5-14(13)24-16/h2-5,10-12H,6-9H2,1H3/t12-/m0/s1. The zero-order valence-corrected chi connectivity index (χ0v) is 14.2. The highest BCUT2D eigenvalue weighted by molar-refractivity contribution is 7.22. The summed E-state index contributed by atoms with van der Waals surface area (Å²) in [5, 5.41) is 5.09. The van der Waals surface area contributed by atoms with Gasteiger partial charge in [0.15, 0.2) is 5.13 Å². The number of thiazole rings is 1. The molecule has 24 heavy (non-hydrogen) atoms. The fraction of sp³-hybridized carbons (Fsp3) is 0.375. The number of anilines is 1. The van der Waals surface area contributed by atoms with Crippen molar-refractivity contribution in [2.75, 3.05) is 31.1 Å². The van der Waals surface area contributed by atoms with Gasteiger partial charge in [-0.3, -0.25) is 4.79 Å². The van der Waals surface area contributed by atoms with Gasteiger partial charge < -0.3 is 9.80 Å². The fourth-order valence-corrected chi connectivity index (χ4v) is 3.93. The van der Waals surface area contributed by atoms with Crippen LogP contribution < -0.4 is 4.90 Å². The molecule has 0 bridgehead atoms. The Morgan fingerprint density at radius 1 is 1.21 bits per heavy atom. The molecule has 0 spiro atoms. The summed E-state index contributed by atoms with van der Waals surface area (Å²) in [6.45, 7) is 4.86. The van der Waals surface area contributed by atoms with E-state index in [1.165, 1.54) is 11.0 Å². The third kappa shape index (κ3) is 2.73. The van der Waals surface area contributed by atoms with E-state index in [4.69, 9.17) is 4.98 Å². The molecule has 3 aromatic rings. The minimum Gasteiger partial charge on any atom is -0.345 e. The van der Waals surface area contributed by atoms with Crippen molar-refractivity contribution in [2.45, 2.75) is 13.0 Å². The van der Waals surface area contributed by atoms with Gasteiger partial charge in [-0.15, -0.1) is 0 Å². The Morgan fingerprint density at radius 2 is 2.00 bits per heavy atom. The van der Waals surface area contributed by atoms with E-state index in [-0.39, 0.29) is 11.9 Å². The molecule has 1 amide bonds. The van der Waals surface area contributed by atoms with Gasteiger partial charge in [-0.25, -0.2) is 14.6 Å². The predicted octanol–water partition coefficient (Wildman–Crippen LogP) is 1.80. The highest BCUT2D eigenvalue weighted by Crippen LogP contribution is 2.29. The average Bonchev–Trinajstić information content (AvgIpc) is 3.30. The van der Waals surface area contributed by atoms with Crippen molar-refractivity contribution in [1.29, 1.82) is 0 Å². The predicted molar refractivity (Wildman–Crippen MR) is 93.1 cm³/mol. The molecule has 2 aromatic heterocycles. The van der Waals surface area contributed by atoms with Gasteiger partial charge in [-0.05, 0) is 19.1 Å². The number of amides is 1. The minimum absolute atomic E-state index is 0.0875. The van der Waals surface area contributed by atoms with E-state index in [0.29, 0.717) is 13.1 Å². The molecular weight excluding hydrogens is 324 g/mol. The van der Waals surface area contributed by atoms with Crippen LogP contribution in [0.2, 0.25) is 0 Å². The van der Waals surface area contributed by atoms with E-state index in [2.05, 4.69) is 21.0 Å². The molecule has 8 heteroatoms. The number of piperazine rings is 1. The van der Waals surface area contributed by atoms with Gasteiger partial charge in [0.05, 0.1) is 10.2 Å². The number of nitrogens with zero attached hydrogens (tertiary/aromatic N) is 6. The first-order valence-electron chi connectivity index (χ1n) is 7.96. The van der Waals surface area contributed by atoms with Crippen LogP contribution in [0.15, 0.2) is 36.9 Å². The van der Waals surface area contributed by atoms with Crippen LogP contribution in [0.3, 0.4) is 0 Å². The summed E-state index contributed by atoms with van der Waals surface area (Å²) < 4.78 is 2.80. The van der Waals surface area contributed by atoms with Crippen molar-refractivity contribution >= 4 is 32.6 Å². The van der Waals surface area contributed by atoms with Crippen molar-refractivity contribution in [2.24, 2.45) is 0 Å². The zero-order valence-electron chi connectivity index (χ0n) is 13.4. The van der Waals surface area contributed by atoms with E-state index in [9.17, 15) is 4.79 Å². The van der Waals surface area contributed by atoms with E-state index in [1.807, 2.05) is 30.0 Å². The second-order valence-corrected chi connectivity index (χ2v) is 6.84. The molecule has 4 rings (SSSR count). The Kier molecular flexibility index (Phi) is 3.89. The van der Waals surface area contributed by atoms with Gasteiger partial charge >= 0.3 is 0 Å². The molecule has 0 radical (unpaired) electrons. The first-order valence-corrected chi connectivity index (χ1v) is 8.77. The molecule has 0 N–H and O–H groups in total. The maximum absolute atomic E-state index is 12.6. The Balaban J connectivity index is 1.42. The summed E-state index contributed by atoms with van der Waals surface area (Å²) in [4.78, 5) is 25.4. The van der Waals surface area contributed by atoms with Crippen molar-refractivity contribution in [1.82, 2.24) is 24.6 Å². The topological polar surface area (TPSA) is 67.2 Å². The molecule has 0 unspecified atom stereocenters. The third-order valence-corrected chi connectivity index (χ3v) is 5.43. The molecule has 1 aliphatic rings. The van der Waals surface area contributed by atoms with Crippen LogP contribution >= 0.6 is 11.3 Å². The molecule has 1 aliphatic heterocycles. The lowest BCUT2D eigenvalue weighted by Crippen LogP contribution is -2.50. The maximum atomic E-state index is 12.6. The summed E-state index contributed by atoms with van der Waals surface area (Å²) in [6, 6.07) is 7.85. The number of carbonyl (C=O) groups is 1. The molecule has 1 saturated heterocycles. The summed E-state index contributed by atoms with van der Waals surface area (Å²) in [5.41, 5.74) is 1.04. The second-order valence-electron chi connectivity index (χ2n) is 5.83. The smallest absolute Gasteiger partial charge is 0.247 e. The molecule has 7 nitrogen and oxygen atoms in total. The van der Waals surface area contributed by atoms with Gasteiger partial charge in [0, 0.05) is 26.2 Å². The summed E-state index contributed by atoms with van der Waals surface area (Å²) in [5.74, 6) is 0.0875. The molecule has 3 heterocycles. The lowest BCUT2D eigenvalue weighted by atomic mass is 10.2. The number of aromatic nitrogens is 4. The van der Waals surface area contributed by atoms with Crippen LogP contribution in [0, 0.1) is 0 Å². The minimum atomic E-state index is -0.318. The van der Waals surface area contributed by atoms with Crippen molar-refractivity contribution in [3.05, 3.63) is 36.9 Å². The van der Waals surface area contributed by atoms with Gasteiger partial charge in [-0.1, -0.05) is 23.5 Å². The largest absolute Gasteiger partial charge is 0.345 e. The van der Waals surface area contributed by atoms with Crippen LogP contribution in [0.1, 0.15) is 13.0 Å². The number of fused-ring (bicyclic) bond motifs is 1. The van der Waals surface area contributed by atoms with Crippen molar-refractivity contribution in [3.8, 4) is 0 Å². The molecule has 0 saturated carbocycles. The van der Waals surface area contributed by atoms with Crippen LogP contribution in [0.5, 0.6) is 0 Å². The Morgan fingerprint density at radius 3 is 2.71 bits per heavy atom. The van der Waals surface area contributed by atoms with Gasteiger partial charge in [0.1, 0.15) is 18.7 Å². The first-order chi connectivity index (χ1) is 11.7.